The summed E-state index contributed by atoms with van der Waals surface area (Å²) >= 11 is 7.37. The first-order valence-electron chi connectivity index (χ1n) is 8.19. The van der Waals surface area contributed by atoms with Gasteiger partial charge in [-0.05, 0) is 54.9 Å². The molecule has 1 saturated heterocycles. The van der Waals surface area contributed by atoms with Gasteiger partial charge >= 0.3 is 0 Å². The number of anilines is 1. The van der Waals surface area contributed by atoms with Crippen molar-refractivity contribution in [3.8, 4) is 0 Å². The molecule has 1 aliphatic carbocycles. The van der Waals surface area contributed by atoms with Crippen LogP contribution >= 0.6 is 23.4 Å². The number of thioether (sulfide) groups is 1. The molecule has 0 aromatic heterocycles. The molecule has 0 spiro atoms. The van der Waals surface area contributed by atoms with Crippen molar-refractivity contribution in [2.24, 2.45) is 21.5 Å². The highest BCUT2D eigenvalue weighted by Crippen LogP contribution is 2.37. The summed E-state index contributed by atoms with van der Waals surface area (Å²) in [6.07, 6.45) is 3.17. The molecule has 2 aliphatic rings. The molecule has 0 radical (unpaired) electrons. The van der Waals surface area contributed by atoms with E-state index in [0.29, 0.717) is 21.9 Å². The summed E-state index contributed by atoms with van der Waals surface area (Å²) in [4.78, 5) is 13.8. The fourth-order valence-corrected chi connectivity index (χ4v) is 4.53. The number of nitrogens with zero attached hydrogens (tertiary/aromatic N) is 3. The van der Waals surface area contributed by atoms with Crippen molar-refractivity contribution in [1.82, 2.24) is 0 Å². The zero-order valence-corrected chi connectivity index (χ0v) is 15.8. The van der Waals surface area contributed by atoms with Crippen molar-refractivity contribution < 1.29 is 4.79 Å². The van der Waals surface area contributed by atoms with Crippen LogP contribution in [0.25, 0.3) is 0 Å². The Bertz CT molecular complexity index is 697. The van der Waals surface area contributed by atoms with Crippen LogP contribution in [0.1, 0.15) is 40.0 Å². The van der Waals surface area contributed by atoms with Gasteiger partial charge in [0.2, 0.25) is 5.91 Å². The maximum atomic E-state index is 12.2. The van der Waals surface area contributed by atoms with E-state index in [9.17, 15) is 4.79 Å². The molecule has 0 unspecified atom stereocenters. The molecule has 1 aliphatic heterocycles. The third-order valence-electron chi connectivity index (χ3n) is 4.29. The van der Waals surface area contributed by atoms with Crippen molar-refractivity contribution in [2.45, 2.75) is 40.0 Å². The fourth-order valence-electron chi connectivity index (χ4n) is 3.58. The highest BCUT2D eigenvalue weighted by atomic mass is 35.5. The monoisotopic (exact) mass is 363 g/mol. The Morgan fingerprint density at radius 2 is 1.96 bits per heavy atom. The van der Waals surface area contributed by atoms with Crippen molar-refractivity contribution in [3.63, 3.8) is 0 Å². The van der Waals surface area contributed by atoms with Crippen LogP contribution in [0.4, 0.5) is 5.69 Å². The molecule has 6 heteroatoms. The number of amidine groups is 1. The van der Waals surface area contributed by atoms with Crippen molar-refractivity contribution >= 4 is 45.8 Å². The summed E-state index contributed by atoms with van der Waals surface area (Å²) in [6, 6.07) is 7.23. The summed E-state index contributed by atoms with van der Waals surface area (Å²) in [6.45, 7) is 6.82. The molecule has 1 heterocycles. The Kier molecular flexibility index (Phi) is 5.02. The molecule has 1 amide bonds. The standard InChI is InChI=1S/C18H22ClN3OS/c1-12-8-14(10-18(2,3)9-12)20-21-17-22(16(23)11-24-17)15-6-4-13(19)5-7-15/h4-7,12H,8-11H2,1-3H3/b20-14-,21-17+/t12-/m0/s1. The van der Waals surface area contributed by atoms with Gasteiger partial charge in [-0.25, -0.2) is 0 Å². The van der Waals surface area contributed by atoms with E-state index in [1.54, 1.807) is 17.0 Å². The second-order valence-corrected chi connectivity index (χ2v) is 8.78. The number of amides is 1. The highest BCUT2D eigenvalue weighted by molar-refractivity contribution is 8.15. The van der Waals surface area contributed by atoms with Gasteiger partial charge in [-0.15, -0.1) is 5.10 Å². The van der Waals surface area contributed by atoms with E-state index in [-0.39, 0.29) is 11.3 Å². The minimum Gasteiger partial charge on any atom is -0.273 e. The molecule has 128 valence electrons. The third kappa shape index (κ3) is 4.01. The second kappa shape index (κ2) is 6.89. The molecular weight excluding hydrogens is 342 g/mol. The van der Waals surface area contributed by atoms with E-state index in [1.165, 1.54) is 18.2 Å². The number of rotatable bonds is 2. The van der Waals surface area contributed by atoms with E-state index < -0.39 is 0 Å². The Labute approximate surface area is 152 Å². The van der Waals surface area contributed by atoms with Crippen LogP contribution in [0.3, 0.4) is 0 Å². The molecule has 24 heavy (non-hydrogen) atoms. The molecule has 3 rings (SSSR count). The smallest absolute Gasteiger partial charge is 0.243 e. The Balaban J connectivity index is 1.84. The number of hydrogen-bond acceptors (Lipinski definition) is 4. The van der Waals surface area contributed by atoms with E-state index in [1.807, 2.05) is 12.1 Å². The quantitative estimate of drug-likeness (QED) is 0.695. The first-order valence-corrected chi connectivity index (χ1v) is 9.55. The highest BCUT2D eigenvalue weighted by Gasteiger charge is 2.31. The number of benzene rings is 1. The van der Waals surface area contributed by atoms with Crippen LogP contribution in [0.2, 0.25) is 5.02 Å². The summed E-state index contributed by atoms with van der Waals surface area (Å²) in [7, 11) is 0. The Hall–Kier alpha value is -1.33. The van der Waals surface area contributed by atoms with Gasteiger partial charge < -0.3 is 0 Å². The lowest BCUT2D eigenvalue weighted by Crippen LogP contribution is -2.29. The van der Waals surface area contributed by atoms with Gasteiger partial charge in [-0.2, -0.15) is 5.10 Å². The van der Waals surface area contributed by atoms with Crippen LogP contribution in [-0.4, -0.2) is 22.5 Å². The summed E-state index contributed by atoms with van der Waals surface area (Å²) in [5.41, 5.74) is 2.18. The maximum absolute atomic E-state index is 12.2. The van der Waals surface area contributed by atoms with Crippen molar-refractivity contribution in [1.29, 1.82) is 0 Å². The molecule has 1 aromatic rings. The van der Waals surface area contributed by atoms with E-state index in [0.717, 1.165) is 24.2 Å². The summed E-state index contributed by atoms with van der Waals surface area (Å²) < 4.78 is 0. The molecule has 1 aromatic carbocycles. The van der Waals surface area contributed by atoms with Crippen LogP contribution in [0, 0.1) is 11.3 Å². The predicted octanol–water partition coefficient (Wildman–Crippen LogP) is 4.98. The van der Waals surface area contributed by atoms with Gasteiger partial charge in [-0.1, -0.05) is 44.1 Å². The van der Waals surface area contributed by atoms with Gasteiger partial charge in [0, 0.05) is 10.7 Å². The lowest BCUT2D eigenvalue weighted by molar-refractivity contribution is -0.115. The number of carbonyl (C=O) groups is 1. The number of carbonyl (C=O) groups excluding carboxylic acids is 1. The molecule has 1 saturated carbocycles. The van der Waals surface area contributed by atoms with Gasteiger partial charge in [-0.3, -0.25) is 9.69 Å². The van der Waals surface area contributed by atoms with E-state index in [4.69, 9.17) is 11.6 Å². The molecular formula is C18H22ClN3OS. The van der Waals surface area contributed by atoms with Crippen LogP contribution in [0.5, 0.6) is 0 Å². The normalized spacial score (nSPS) is 27.2. The third-order valence-corrected chi connectivity index (χ3v) is 5.46. The number of hydrogen-bond donors (Lipinski definition) is 0. The van der Waals surface area contributed by atoms with Gasteiger partial charge in [0.15, 0.2) is 5.17 Å². The van der Waals surface area contributed by atoms with Crippen LogP contribution in [-0.2, 0) is 4.79 Å². The van der Waals surface area contributed by atoms with E-state index >= 15 is 0 Å². The van der Waals surface area contributed by atoms with Gasteiger partial charge in [0.25, 0.3) is 0 Å². The summed E-state index contributed by atoms with van der Waals surface area (Å²) in [5, 5.41) is 10.2. The Morgan fingerprint density at radius 1 is 1.25 bits per heavy atom. The lowest BCUT2D eigenvalue weighted by Gasteiger charge is -2.34. The molecule has 2 fully saturated rings. The first kappa shape index (κ1) is 17.5. The zero-order valence-electron chi connectivity index (χ0n) is 14.3. The fraction of sp³-hybridized carbons (Fsp3) is 0.500. The van der Waals surface area contributed by atoms with Crippen LogP contribution < -0.4 is 4.90 Å². The van der Waals surface area contributed by atoms with Gasteiger partial charge in [0.1, 0.15) is 0 Å². The zero-order chi connectivity index (χ0) is 17.3. The molecule has 4 nitrogen and oxygen atoms in total. The summed E-state index contributed by atoms with van der Waals surface area (Å²) in [5.74, 6) is 1.05. The minimum absolute atomic E-state index is 0.0265. The molecule has 0 N–H and O–H groups in total. The number of halogens is 1. The van der Waals surface area contributed by atoms with Crippen molar-refractivity contribution in [2.75, 3.05) is 10.7 Å². The van der Waals surface area contributed by atoms with E-state index in [2.05, 4.69) is 31.0 Å². The van der Waals surface area contributed by atoms with Crippen molar-refractivity contribution in [3.05, 3.63) is 29.3 Å². The largest absolute Gasteiger partial charge is 0.273 e. The molecule has 1 atom stereocenters. The molecule has 0 bridgehead atoms. The average Bonchev–Trinajstić information content (AvgIpc) is 2.85. The van der Waals surface area contributed by atoms with Crippen LogP contribution in [0.15, 0.2) is 34.5 Å². The SMILES string of the molecule is C[C@H]1C/C(=N/N=C2/SCC(=O)N2c2ccc(Cl)cc2)CC(C)(C)C1. The predicted molar refractivity (Wildman–Crippen MR) is 103 cm³/mol. The first-order chi connectivity index (χ1) is 11.3. The van der Waals surface area contributed by atoms with Gasteiger partial charge in [0.05, 0.1) is 11.4 Å². The lowest BCUT2D eigenvalue weighted by atomic mass is 9.72. The maximum Gasteiger partial charge on any atom is 0.243 e. The average molecular weight is 364 g/mol. The Morgan fingerprint density at radius 3 is 2.62 bits per heavy atom. The second-order valence-electron chi connectivity index (χ2n) is 7.40. The topological polar surface area (TPSA) is 45.0 Å². The minimum atomic E-state index is 0.0265.